The van der Waals surface area contributed by atoms with Gasteiger partial charge in [0.05, 0.1) is 16.6 Å². The fraction of sp³-hybridized carbons (Fsp3) is 0.200. The average Bonchev–Trinajstić information content (AvgIpc) is 2.87. The van der Waals surface area contributed by atoms with Crippen LogP contribution in [0.2, 0.25) is 5.02 Å². The van der Waals surface area contributed by atoms with Gasteiger partial charge in [0.2, 0.25) is 11.8 Å². The highest BCUT2D eigenvalue weighted by Gasteiger charge is 2.33. The second-order valence-corrected chi connectivity index (χ2v) is 5.30. The van der Waals surface area contributed by atoms with Crippen LogP contribution in [0.1, 0.15) is 12.8 Å². The zero-order valence-electron chi connectivity index (χ0n) is 8.91. The van der Waals surface area contributed by atoms with Crippen LogP contribution in [0.5, 0.6) is 0 Å². The van der Waals surface area contributed by atoms with Gasteiger partial charge in [0.1, 0.15) is 9.22 Å². The van der Waals surface area contributed by atoms with Crippen LogP contribution in [0.25, 0.3) is 10.9 Å². The number of imide groups is 1. The maximum absolute atomic E-state index is 11.7. The Morgan fingerprint density at radius 3 is 2.67 bits per heavy atom. The molecule has 0 aliphatic carbocycles. The number of nitrogens with zero attached hydrogens (tertiary/aromatic N) is 3. The van der Waals surface area contributed by atoms with Crippen LogP contribution < -0.4 is 4.90 Å². The van der Waals surface area contributed by atoms with Gasteiger partial charge in [0.15, 0.2) is 5.82 Å². The molecule has 8 heteroatoms. The number of rotatable bonds is 1. The summed E-state index contributed by atoms with van der Waals surface area (Å²) in [6.07, 6.45) is 1.84. The number of nitrogens with one attached hydrogen (secondary N) is 1. The first kappa shape index (κ1) is 11.8. The summed E-state index contributed by atoms with van der Waals surface area (Å²) < 4.78 is 0.695. The summed E-state index contributed by atoms with van der Waals surface area (Å²) in [6.45, 7) is 0. The van der Waals surface area contributed by atoms with E-state index in [1.807, 2.05) is 22.6 Å². The van der Waals surface area contributed by atoms with Gasteiger partial charge in [-0.15, -0.1) is 0 Å². The Morgan fingerprint density at radius 2 is 2.00 bits per heavy atom. The molecule has 6 nitrogen and oxygen atoms in total. The zero-order valence-corrected chi connectivity index (χ0v) is 11.8. The largest absolute Gasteiger partial charge is 0.274 e. The van der Waals surface area contributed by atoms with Crippen LogP contribution in [-0.4, -0.2) is 27.0 Å². The number of hydrogen-bond acceptors (Lipinski definition) is 4. The maximum atomic E-state index is 11.7. The van der Waals surface area contributed by atoms with Gasteiger partial charge in [-0.05, 0) is 22.6 Å². The molecular formula is C10H6ClIN4O2. The summed E-state index contributed by atoms with van der Waals surface area (Å²) in [4.78, 5) is 28.7. The molecule has 2 amide bonds. The summed E-state index contributed by atoms with van der Waals surface area (Å²) in [5.41, 5.74) is 0.513. The fourth-order valence-corrected chi connectivity index (χ4v) is 2.73. The molecule has 0 aromatic carbocycles. The Bertz CT molecular complexity index is 668. The molecule has 1 aliphatic rings. The molecule has 3 heterocycles. The van der Waals surface area contributed by atoms with Gasteiger partial charge < -0.3 is 0 Å². The van der Waals surface area contributed by atoms with Gasteiger partial charge in [-0.25, -0.2) is 9.88 Å². The number of anilines is 1. The molecule has 2 aromatic rings. The van der Waals surface area contributed by atoms with Crippen molar-refractivity contribution >= 4 is 62.7 Å². The van der Waals surface area contributed by atoms with Crippen molar-refractivity contribution in [3.63, 3.8) is 0 Å². The molecule has 0 spiro atoms. The first-order valence-electron chi connectivity index (χ1n) is 5.13. The topological polar surface area (TPSA) is 79.0 Å². The van der Waals surface area contributed by atoms with Crippen molar-refractivity contribution in [2.75, 3.05) is 4.90 Å². The number of halogens is 2. The molecule has 1 fully saturated rings. The number of fused-ring (bicyclic) bond motifs is 1. The summed E-state index contributed by atoms with van der Waals surface area (Å²) in [6, 6.07) is 0. The van der Waals surface area contributed by atoms with Gasteiger partial charge >= 0.3 is 0 Å². The minimum absolute atomic E-state index is 0.221. The van der Waals surface area contributed by atoms with Crippen molar-refractivity contribution in [3.8, 4) is 0 Å². The van der Waals surface area contributed by atoms with E-state index in [1.165, 1.54) is 6.20 Å². The van der Waals surface area contributed by atoms with Crippen LogP contribution in [0.4, 0.5) is 5.82 Å². The number of H-pyrrole nitrogens is 1. The van der Waals surface area contributed by atoms with E-state index >= 15 is 0 Å². The highest BCUT2D eigenvalue weighted by atomic mass is 127. The molecule has 18 heavy (non-hydrogen) atoms. The molecule has 0 radical (unpaired) electrons. The summed E-state index contributed by atoms with van der Waals surface area (Å²) in [7, 11) is 0. The lowest BCUT2D eigenvalue weighted by atomic mass is 10.3. The van der Waals surface area contributed by atoms with Gasteiger partial charge in [0, 0.05) is 12.8 Å². The Morgan fingerprint density at radius 1 is 1.33 bits per heavy atom. The molecule has 92 valence electrons. The molecular weight excluding hydrogens is 370 g/mol. The normalized spacial score (nSPS) is 16.0. The molecule has 2 aromatic heterocycles. The standard InChI is InChI=1S/C10H6ClIN4O2/c11-4-3-13-10(7-8(4)14-15-9(7)12)16-5(17)1-2-6(16)18/h3H,1-2H2,(H,14,15). The lowest BCUT2D eigenvalue weighted by molar-refractivity contribution is -0.121. The molecule has 0 bridgehead atoms. The van der Waals surface area contributed by atoms with Crippen molar-refractivity contribution in [2.45, 2.75) is 12.8 Å². The first-order valence-corrected chi connectivity index (χ1v) is 6.59. The second-order valence-electron chi connectivity index (χ2n) is 3.81. The van der Waals surface area contributed by atoms with Crippen LogP contribution in [-0.2, 0) is 9.59 Å². The minimum Gasteiger partial charge on any atom is -0.274 e. The van der Waals surface area contributed by atoms with E-state index in [0.29, 0.717) is 25.4 Å². The fourth-order valence-electron chi connectivity index (χ4n) is 1.92. The molecule has 0 saturated carbocycles. The van der Waals surface area contributed by atoms with Crippen LogP contribution in [0.3, 0.4) is 0 Å². The summed E-state index contributed by atoms with van der Waals surface area (Å²) in [5.74, 6) is -0.179. The number of aromatic nitrogens is 3. The van der Waals surface area contributed by atoms with Gasteiger partial charge in [0.25, 0.3) is 0 Å². The molecule has 1 saturated heterocycles. The van der Waals surface area contributed by atoms with Crippen LogP contribution in [0.15, 0.2) is 6.20 Å². The van der Waals surface area contributed by atoms with E-state index in [4.69, 9.17) is 11.6 Å². The van der Waals surface area contributed by atoms with Gasteiger partial charge in [-0.3, -0.25) is 14.7 Å². The van der Waals surface area contributed by atoms with E-state index in [1.54, 1.807) is 0 Å². The molecule has 0 atom stereocenters. The Hall–Kier alpha value is -1.22. The first-order chi connectivity index (χ1) is 8.59. The van der Waals surface area contributed by atoms with E-state index < -0.39 is 0 Å². The Kier molecular flexibility index (Phi) is 2.74. The van der Waals surface area contributed by atoms with E-state index in [-0.39, 0.29) is 24.7 Å². The molecule has 1 N–H and O–H groups in total. The van der Waals surface area contributed by atoms with Crippen LogP contribution in [0, 0.1) is 3.70 Å². The lowest BCUT2D eigenvalue weighted by Crippen LogP contribution is -2.29. The number of pyridine rings is 1. The van der Waals surface area contributed by atoms with Crippen molar-refractivity contribution in [2.24, 2.45) is 0 Å². The maximum Gasteiger partial charge on any atom is 0.235 e. The number of carbonyl (C=O) groups excluding carboxylic acids is 2. The third-order valence-corrected chi connectivity index (χ3v) is 3.79. The van der Waals surface area contributed by atoms with Crippen molar-refractivity contribution in [1.82, 2.24) is 15.2 Å². The number of amides is 2. The number of carbonyl (C=O) groups is 2. The summed E-state index contributed by atoms with van der Waals surface area (Å²) in [5, 5.41) is 7.81. The van der Waals surface area contributed by atoms with Crippen LogP contribution >= 0.6 is 34.2 Å². The molecule has 3 rings (SSSR count). The average molecular weight is 377 g/mol. The van der Waals surface area contributed by atoms with Crippen molar-refractivity contribution in [1.29, 1.82) is 0 Å². The lowest BCUT2D eigenvalue weighted by Gasteiger charge is -2.13. The van der Waals surface area contributed by atoms with Gasteiger partial charge in [-0.2, -0.15) is 5.10 Å². The monoisotopic (exact) mass is 376 g/mol. The second kappa shape index (κ2) is 4.16. The Balaban J connectivity index is 2.29. The van der Waals surface area contributed by atoms with Crippen molar-refractivity contribution < 1.29 is 9.59 Å². The zero-order chi connectivity index (χ0) is 12.9. The number of aromatic amines is 1. The highest BCUT2D eigenvalue weighted by molar-refractivity contribution is 14.1. The predicted octanol–water partition coefficient (Wildman–Crippen LogP) is 1.87. The van der Waals surface area contributed by atoms with E-state index in [2.05, 4.69) is 15.2 Å². The smallest absolute Gasteiger partial charge is 0.235 e. The quantitative estimate of drug-likeness (QED) is 0.609. The van der Waals surface area contributed by atoms with Crippen molar-refractivity contribution in [3.05, 3.63) is 14.9 Å². The SMILES string of the molecule is O=C1CCC(=O)N1c1ncc(Cl)c2n[nH]c(I)c12. The van der Waals surface area contributed by atoms with E-state index in [9.17, 15) is 9.59 Å². The van der Waals surface area contributed by atoms with Gasteiger partial charge in [-0.1, -0.05) is 11.6 Å². The highest BCUT2D eigenvalue weighted by Crippen LogP contribution is 2.33. The van der Waals surface area contributed by atoms with E-state index in [0.717, 1.165) is 4.90 Å². The third-order valence-electron chi connectivity index (χ3n) is 2.74. The summed E-state index contributed by atoms with van der Waals surface area (Å²) >= 11 is 8.02. The number of hydrogen-bond donors (Lipinski definition) is 1. The molecule has 0 unspecified atom stereocenters. The predicted molar refractivity (Wildman–Crippen MR) is 73.3 cm³/mol. The Labute approximate surface area is 120 Å². The molecule has 1 aliphatic heterocycles. The third kappa shape index (κ3) is 1.61. The minimum atomic E-state index is -0.242.